The summed E-state index contributed by atoms with van der Waals surface area (Å²) >= 11 is 0. The summed E-state index contributed by atoms with van der Waals surface area (Å²) in [6.07, 6.45) is 2.13. The lowest BCUT2D eigenvalue weighted by Gasteiger charge is -2.38. The van der Waals surface area contributed by atoms with Gasteiger partial charge >= 0.3 is 6.09 Å². The number of aryl methyl sites for hydroxylation is 2. The first kappa shape index (κ1) is 31.1. The monoisotopic (exact) mass is 561 g/mol. The number of benzene rings is 2. The molecule has 0 aliphatic carbocycles. The van der Waals surface area contributed by atoms with Crippen LogP contribution in [0, 0.1) is 11.6 Å². The van der Waals surface area contributed by atoms with E-state index < -0.39 is 13.9 Å². The summed E-state index contributed by atoms with van der Waals surface area (Å²) < 4.78 is 45.8. The molecule has 2 atom stereocenters. The zero-order valence-corrected chi connectivity index (χ0v) is 25.8. The predicted molar refractivity (Wildman–Crippen MR) is 154 cm³/mol. The normalized spacial score (nSPS) is 18.4. The lowest BCUT2D eigenvalue weighted by atomic mass is 10.0. The number of hydrogen-bond acceptors (Lipinski definition) is 4. The van der Waals surface area contributed by atoms with E-state index in [4.69, 9.17) is 13.9 Å². The predicted octanol–water partition coefficient (Wildman–Crippen LogP) is 7.92. The summed E-state index contributed by atoms with van der Waals surface area (Å²) in [5.41, 5.74) is 1.14. The van der Waals surface area contributed by atoms with Gasteiger partial charge in [0, 0.05) is 19.0 Å². The maximum atomic E-state index is 14.1. The van der Waals surface area contributed by atoms with Gasteiger partial charge in [0.1, 0.15) is 23.0 Å². The van der Waals surface area contributed by atoms with Crippen molar-refractivity contribution >= 4 is 14.4 Å². The van der Waals surface area contributed by atoms with Crippen molar-refractivity contribution < 1.29 is 27.5 Å². The highest BCUT2D eigenvalue weighted by Crippen LogP contribution is 2.39. The van der Waals surface area contributed by atoms with E-state index in [1.54, 1.807) is 23.1 Å². The molecular formula is C31H45F2NO4Si. The molecule has 0 saturated carbocycles. The van der Waals surface area contributed by atoms with E-state index in [2.05, 4.69) is 33.9 Å². The van der Waals surface area contributed by atoms with E-state index in [0.717, 1.165) is 17.5 Å². The number of likely N-dealkylation sites (tertiary alicyclic amines) is 1. The van der Waals surface area contributed by atoms with Gasteiger partial charge in [0.2, 0.25) is 0 Å². The van der Waals surface area contributed by atoms with Crippen LogP contribution in [0.3, 0.4) is 0 Å². The van der Waals surface area contributed by atoms with Gasteiger partial charge in [-0.2, -0.15) is 0 Å². The van der Waals surface area contributed by atoms with Gasteiger partial charge in [-0.25, -0.2) is 13.6 Å². The summed E-state index contributed by atoms with van der Waals surface area (Å²) in [6.45, 7) is 17.5. The molecule has 0 bridgehead atoms. The van der Waals surface area contributed by atoms with Crippen molar-refractivity contribution in [3.8, 4) is 5.75 Å². The van der Waals surface area contributed by atoms with Crippen LogP contribution in [0.15, 0.2) is 42.5 Å². The fourth-order valence-electron chi connectivity index (χ4n) is 4.49. The highest BCUT2D eigenvalue weighted by Gasteiger charge is 2.44. The molecule has 2 aromatic carbocycles. The van der Waals surface area contributed by atoms with Crippen LogP contribution in [0.2, 0.25) is 18.1 Å². The SMILES string of the molecule is CC(C)(C)OC(=O)N1CC(O[Si](C)(C)C(C)(C)C)CC1CCOc1ccc(F)cc1CCc1ccc(F)cc1. The maximum absolute atomic E-state index is 14.1. The Morgan fingerprint density at radius 3 is 2.23 bits per heavy atom. The Bertz CT molecular complexity index is 1110. The number of hydrogen-bond donors (Lipinski definition) is 0. The van der Waals surface area contributed by atoms with Gasteiger partial charge in [-0.1, -0.05) is 32.9 Å². The van der Waals surface area contributed by atoms with Gasteiger partial charge in [0.05, 0.1) is 12.7 Å². The highest BCUT2D eigenvalue weighted by molar-refractivity contribution is 6.74. The molecule has 0 radical (unpaired) electrons. The molecule has 0 spiro atoms. The van der Waals surface area contributed by atoms with Crippen LogP contribution in [0.5, 0.6) is 5.75 Å². The zero-order valence-electron chi connectivity index (χ0n) is 24.8. The van der Waals surface area contributed by atoms with Gasteiger partial charge in [-0.15, -0.1) is 0 Å². The van der Waals surface area contributed by atoms with Crippen LogP contribution >= 0.6 is 0 Å². The molecule has 5 nitrogen and oxygen atoms in total. The van der Waals surface area contributed by atoms with Crippen LogP contribution in [0.4, 0.5) is 13.6 Å². The van der Waals surface area contributed by atoms with Crippen molar-refractivity contribution in [3.63, 3.8) is 0 Å². The molecule has 216 valence electrons. The summed E-state index contributed by atoms with van der Waals surface area (Å²) in [5, 5.41) is 0.0673. The molecule has 2 aromatic rings. The minimum Gasteiger partial charge on any atom is -0.493 e. The lowest BCUT2D eigenvalue weighted by molar-refractivity contribution is 0.0196. The Morgan fingerprint density at radius 2 is 1.62 bits per heavy atom. The number of carbonyl (C=O) groups is 1. The standard InChI is InChI=1S/C31H45F2NO4Si/c1-30(2,3)37-29(35)34-21-27(38-39(7,8)31(4,5)6)20-26(34)17-18-36-28-16-15-25(33)19-23(28)12-9-22-10-13-24(32)14-11-22/h10-11,13-16,19,26-27H,9,12,17-18,20-21H2,1-8H3. The van der Waals surface area contributed by atoms with Crippen LogP contribution in [0.1, 0.15) is 65.5 Å². The number of halogens is 2. The average molecular weight is 562 g/mol. The molecule has 0 N–H and O–H groups in total. The molecular weight excluding hydrogens is 516 g/mol. The highest BCUT2D eigenvalue weighted by atomic mass is 28.4. The molecule has 39 heavy (non-hydrogen) atoms. The van der Waals surface area contributed by atoms with Crippen LogP contribution < -0.4 is 4.74 Å². The Kier molecular flexibility index (Phi) is 9.86. The van der Waals surface area contributed by atoms with E-state index in [0.29, 0.717) is 38.2 Å². The van der Waals surface area contributed by atoms with Crippen molar-refractivity contribution in [3.05, 3.63) is 65.2 Å². The van der Waals surface area contributed by atoms with E-state index in [-0.39, 0.29) is 34.9 Å². The quantitative estimate of drug-likeness (QED) is 0.292. The average Bonchev–Trinajstić information content (AvgIpc) is 3.20. The van der Waals surface area contributed by atoms with E-state index >= 15 is 0 Å². The minimum absolute atomic E-state index is 0.0551. The molecule has 1 heterocycles. The maximum Gasteiger partial charge on any atom is 0.410 e. The second-order valence-corrected chi connectivity index (χ2v) is 17.8. The number of rotatable bonds is 9. The van der Waals surface area contributed by atoms with Crippen molar-refractivity contribution in [1.29, 1.82) is 0 Å². The van der Waals surface area contributed by atoms with Crippen molar-refractivity contribution in [1.82, 2.24) is 4.90 Å². The molecule has 0 aromatic heterocycles. The molecule has 1 amide bonds. The van der Waals surface area contributed by atoms with Gasteiger partial charge in [-0.3, -0.25) is 0 Å². The first-order valence-electron chi connectivity index (χ1n) is 13.9. The molecule has 1 aliphatic heterocycles. The smallest absolute Gasteiger partial charge is 0.410 e. The van der Waals surface area contributed by atoms with Crippen molar-refractivity contribution in [2.45, 2.75) is 103 Å². The van der Waals surface area contributed by atoms with Crippen molar-refractivity contribution in [2.24, 2.45) is 0 Å². The largest absolute Gasteiger partial charge is 0.493 e. The van der Waals surface area contributed by atoms with Gasteiger partial charge in [0.15, 0.2) is 8.32 Å². The first-order valence-corrected chi connectivity index (χ1v) is 16.8. The topological polar surface area (TPSA) is 48.0 Å². The number of amides is 1. The molecule has 1 aliphatic rings. The van der Waals surface area contributed by atoms with Crippen LogP contribution in [0.25, 0.3) is 0 Å². The number of ether oxygens (including phenoxy) is 2. The Morgan fingerprint density at radius 1 is 0.974 bits per heavy atom. The Labute approximate surface area is 234 Å². The third kappa shape index (κ3) is 9.03. The van der Waals surface area contributed by atoms with Gasteiger partial charge in [-0.05, 0) is 99.6 Å². The van der Waals surface area contributed by atoms with Gasteiger partial charge < -0.3 is 18.8 Å². The van der Waals surface area contributed by atoms with E-state index in [9.17, 15) is 13.6 Å². The molecule has 1 fully saturated rings. The summed E-state index contributed by atoms with van der Waals surface area (Å²) in [7, 11) is -2.01. The summed E-state index contributed by atoms with van der Waals surface area (Å²) in [6, 6.07) is 10.8. The molecule has 2 unspecified atom stereocenters. The summed E-state index contributed by atoms with van der Waals surface area (Å²) in [5.74, 6) is 0.0150. The third-order valence-corrected chi connectivity index (χ3v) is 12.1. The Hall–Kier alpha value is -2.45. The van der Waals surface area contributed by atoms with Crippen LogP contribution in [-0.4, -0.2) is 50.2 Å². The number of nitrogens with zero attached hydrogens (tertiary/aromatic N) is 1. The van der Waals surface area contributed by atoms with Crippen molar-refractivity contribution in [2.75, 3.05) is 13.2 Å². The summed E-state index contributed by atoms with van der Waals surface area (Å²) in [4.78, 5) is 14.9. The second kappa shape index (κ2) is 12.4. The third-order valence-electron chi connectivity index (χ3n) is 7.60. The van der Waals surface area contributed by atoms with E-state index in [1.165, 1.54) is 24.3 Å². The molecule has 8 heteroatoms. The van der Waals surface area contributed by atoms with E-state index in [1.807, 2.05) is 20.8 Å². The lowest BCUT2D eigenvalue weighted by Crippen LogP contribution is -2.45. The number of carbonyl (C=O) groups excluding carboxylic acids is 1. The van der Waals surface area contributed by atoms with Crippen LogP contribution in [-0.2, 0) is 22.0 Å². The minimum atomic E-state index is -2.01. The first-order chi connectivity index (χ1) is 18.0. The molecule has 1 saturated heterocycles. The van der Waals surface area contributed by atoms with Gasteiger partial charge in [0.25, 0.3) is 0 Å². The fourth-order valence-corrected chi connectivity index (χ4v) is 5.85. The molecule has 3 rings (SSSR count). The second-order valence-electron chi connectivity index (χ2n) is 13.0. The fraction of sp³-hybridized carbons (Fsp3) is 0.581. The zero-order chi connectivity index (χ0) is 29.0. The Balaban J connectivity index is 1.67.